The van der Waals surface area contributed by atoms with Gasteiger partial charge in [-0.2, -0.15) is 0 Å². The molecule has 0 spiro atoms. The molecule has 1 aromatic rings. The van der Waals surface area contributed by atoms with Crippen molar-refractivity contribution in [3.63, 3.8) is 0 Å². The SMILES string of the molecule is O=C1CC[C@@H]2CCCN12.Oc1ccc(Cl)c(Cl)c1. The highest BCUT2D eigenvalue weighted by molar-refractivity contribution is 6.42. The van der Waals surface area contributed by atoms with Crippen LogP contribution in [0.3, 0.4) is 0 Å². The second-order valence-corrected chi connectivity index (χ2v) is 5.33. The van der Waals surface area contributed by atoms with Crippen LogP contribution in [-0.2, 0) is 4.79 Å². The molecular weight excluding hydrogens is 273 g/mol. The molecular formula is C13H15Cl2NO2. The number of carbonyl (C=O) groups excluding carboxylic acids is 1. The van der Waals surface area contributed by atoms with E-state index < -0.39 is 0 Å². The average Bonchev–Trinajstić information content (AvgIpc) is 2.91. The van der Waals surface area contributed by atoms with Gasteiger partial charge in [-0.3, -0.25) is 4.79 Å². The van der Waals surface area contributed by atoms with Crippen LogP contribution in [0, 0.1) is 0 Å². The number of phenols is 1. The molecule has 98 valence electrons. The Balaban J connectivity index is 0.000000134. The highest BCUT2D eigenvalue weighted by Crippen LogP contribution is 2.28. The van der Waals surface area contributed by atoms with Crippen molar-refractivity contribution < 1.29 is 9.90 Å². The molecule has 3 nitrogen and oxygen atoms in total. The maximum Gasteiger partial charge on any atom is 0.222 e. The van der Waals surface area contributed by atoms with E-state index in [4.69, 9.17) is 28.3 Å². The summed E-state index contributed by atoms with van der Waals surface area (Å²) in [6.07, 6.45) is 4.42. The minimum Gasteiger partial charge on any atom is -0.508 e. The molecule has 2 aliphatic rings. The number of amides is 1. The molecule has 0 radical (unpaired) electrons. The molecule has 2 fully saturated rings. The molecule has 1 amide bonds. The maximum atomic E-state index is 11.0. The first-order valence-corrected chi connectivity index (χ1v) is 6.77. The van der Waals surface area contributed by atoms with Gasteiger partial charge in [0.2, 0.25) is 5.91 Å². The second-order valence-electron chi connectivity index (χ2n) is 4.52. The van der Waals surface area contributed by atoms with Crippen molar-refractivity contribution in [1.82, 2.24) is 4.90 Å². The first kappa shape index (κ1) is 13.5. The van der Waals surface area contributed by atoms with Crippen molar-refractivity contribution in [2.24, 2.45) is 0 Å². The summed E-state index contributed by atoms with van der Waals surface area (Å²) < 4.78 is 0. The Kier molecular flexibility index (Phi) is 4.36. The zero-order valence-electron chi connectivity index (χ0n) is 9.90. The van der Waals surface area contributed by atoms with Crippen molar-refractivity contribution >= 4 is 29.1 Å². The standard InChI is InChI=1S/C7H11NO.C6H4Cl2O/c9-7-4-3-6-2-1-5-8(6)7;7-5-2-1-4(9)3-6(5)8/h6H,1-5H2;1-3,9H/t6-;/m0./s1. The number of benzene rings is 1. The number of halogens is 2. The van der Waals surface area contributed by atoms with Gasteiger partial charge in [-0.15, -0.1) is 0 Å². The number of phenolic OH excluding ortho intramolecular Hbond substituents is 1. The van der Waals surface area contributed by atoms with E-state index in [2.05, 4.69) is 0 Å². The van der Waals surface area contributed by atoms with Gasteiger partial charge >= 0.3 is 0 Å². The van der Waals surface area contributed by atoms with Crippen LogP contribution >= 0.6 is 23.2 Å². The van der Waals surface area contributed by atoms with Gasteiger partial charge in [-0.1, -0.05) is 23.2 Å². The molecule has 0 aliphatic carbocycles. The first-order chi connectivity index (χ1) is 8.58. The van der Waals surface area contributed by atoms with Gasteiger partial charge in [-0.25, -0.2) is 0 Å². The maximum absolute atomic E-state index is 11.0. The fourth-order valence-electron chi connectivity index (χ4n) is 2.38. The third-order valence-electron chi connectivity index (χ3n) is 3.29. The van der Waals surface area contributed by atoms with Gasteiger partial charge in [0, 0.05) is 19.0 Å². The summed E-state index contributed by atoms with van der Waals surface area (Å²) in [7, 11) is 0. The number of hydrogen-bond donors (Lipinski definition) is 1. The normalized spacial score (nSPS) is 21.6. The molecule has 1 aromatic carbocycles. The summed E-state index contributed by atoms with van der Waals surface area (Å²) in [5.41, 5.74) is 0. The number of carbonyl (C=O) groups is 1. The molecule has 2 aliphatic heterocycles. The molecule has 3 rings (SSSR count). The molecule has 1 atom stereocenters. The van der Waals surface area contributed by atoms with E-state index in [9.17, 15) is 4.79 Å². The Morgan fingerprint density at radius 1 is 1.22 bits per heavy atom. The fourth-order valence-corrected chi connectivity index (χ4v) is 2.68. The lowest BCUT2D eigenvalue weighted by Crippen LogP contribution is -2.26. The Hall–Kier alpha value is -0.930. The summed E-state index contributed by atoms with van der Waals surface area (Å²) in [6.45, 7) is 1.03. The second kappa shape index (κ2) is 5.81. The summed E-state index contributed by atoms with van der Waals surface area (Å²) >= 11 is 11.1. The minimum atomic E-state index is 0.129. The lowest BCUT2D eigenvalue weighted by atomic mass is 10.2. The molecule has 0 bridgehead atoms. The lowest BCUT2D eigenvalue weighted by molar-refractivity contribution is -0.127. The van der Waals surface area contributed by atoms with Crippen LogP contribution in [0.4, 0.5) is 0 Å². The quantitative estimate of drug-likeness (QED) is 0.794. The summed E-state index contributed by atoms with van der Waals surface area (Å²) in [5.74, 6) is 0.516. The topological polar surface area (TPSA) is 40.5 Å². The van der Waals surface area contributed by atoms with E-state index in [0.29, 0.717) is 22.0 Å². The average molecular weight is 288 g/mol. The number of aromatic hydroxyl groups is 1. The molecule has 0 aromatic heterocycles. The Morgan fingerprint density at radius 3 is 2.61 bits per heavy atom. The van der Waals surface area contributed by atoms with Gasteiger partial charge in [0.15, 0.2) is 0 Å². The van der Waals surface area contributed by atoms with E-state index >= 15 is 0 Å². The summed E-state index contributed by atoms with van der Waals surface area (Å²) in [6, 6.07) is 5.05. The van der Waals surface area contributed by atoms with Crippen molar-refractivity contribution in [1.29, 1.82) is 0 Å². The molecule has 0 unspecified atom stereocenters. The fraction of sp³-hybridized carbons (Fsp3) is 0.462. The molecule has 2 saturated heterocycles. The molecule has 0 saturated carbocycles. The Labute approximate surface area is 116 Å². The van der Waals surface area contributed by atoms with Crippen LogP contribution < -0.4 is 0 Å². The number of fused-ring (bicyclic) bond motifs is 1. The Morgan fingerprint density at radius 2 is 2.00 bits per heavy atom. The van der Waals surface area contributed by atoms with Crippen LogP contribution in [0.5, 0.6) is 5.75 Å². The zero-order chi connectivity index (χ0) is 13.1. The predicted molar refractivity (Wildman–Crippen MR) is 72.1 cm³/mol. The summed E-state index contributed by atoms with van der Waals surface area (Å²) in [4.78, 5) is 13.0. The van der Waals surface area contributed by atoms with Crippen LogP contribution in [-0.4, -0.2) is 28.5 Å². The smallest absolute Gasteiger partial charge is 0.222 e. The van der Waals surface area contributed by atoms with Gasteiger partial charge in [0.25, 0.3) is 0 Å². The molecule has 18 heavy (non-hydrogen) atoms. The van der Waals surface area contributed by atoms with Crippen molar-refractivity contribution in [2.45, 2.75) is 31.7 Å². The van der Waals surface area contributed by atoms with Gasteiger partial charge in [-0.05, 0) is 37.5 Å². The van der Waals surface area contributed by atoms with Gasteiger partial charge in [0.1, 0.15) is 5.75 Å². The highest BCUT2D eigenvalue weighted by atomic mass is 35.5. The van der Waals surface area contributed by atoms with Crippen LogP contribution in [0.25, 0.3) is 0 Å². The molecule has 1 N–H and O–H groups in total. The lowest BCUT2D eigenvalue weighted by Gasteiger charge is -2.13. The van der Waals surface area contributed by atoms with Crippen LogP contribution in [0.1, 0.15) is 25.7 Å². The monoisotopic (exact) mass is 287 g/mol. The summed E-state index contributed by atoms with van der Waals surface area (Å²) in [5, 5.41) is 9.62. The first-order valence-electron chi connectivity index (χ1n) is 6.01. The highest BCUT2D eigenvalue weighted by Gasteiger charge is 2.33. The van der Waals surface area contributed by atoms with Crippen LogP contribution in [0.15, 0.2) is 18.2 Å². The molecule has 5 heteroatoms. The minimum absolute atomic E-state index is 0.129. The predicted octanol–water partition coefficient (Wildman–Crippen LogP) is 3.47. The van der Waals surface area contributed by atoms with Crippen LogP contribution in [0.2, 0.25) is 10.0 Å². The van der Waals surface area contributed by atoms with Crippen molar-refractivity contribution in [3.8, 4) is 5.75 Å². The van der Waals surface area contributed by atoms with E-state index in [1.807, 2.05) is 4.90 Å². The third-order valence-corrected chi connectivity index (χ3v) is 4.03. The van der Waals surface area contributed by atoms with Crippen molar-refractivity contribution in [3.05, 3.63) is 28.2 Å². The van der Waals surface area contributed by atoms with E-state index in [1.54, 1.807) is 6.07 Å². The van der Waals surface area contributed by atoms with Gasteiger partial charge in [0.05, 0.1) is 10.0 Å². The molecule has 2 heterocycles. The van der Waals surface area contributed by atoms with Crippen molar-refractivity contribution in [2.75, 3.05) is 6.54 Å². The van der Waals surface area contributed by atoms with E-state index in [-0.39, 0.29) is 5.75 Å². The number of hydrogen-bond acceptors (Lipinski definition) is 2. The number of rotatable bonds is 0. The van der Waals surface area contributed by atoms with E-state index in [0.717, 1.165) is 19.4 Å². The Bertz CT molecular complexity index is 451. The largest absolute Gasteiger partial charge is 0.508 e. The van der Waals surface area contributed by atoms with Gasteiger partial charge < -0.3 is 10.0 Å². The third kappa shape index (κ3) is 3.09. The zero-order valence-corrected chi connectivity index (χ0v) is 11.4. The van der Waals surface area contributed by atoms with E-state index in [1.165, 1.54) is 25.0 Å². The number of nitrogens with zero attached hydrogens (tertiary/aromatic N) is 1.